The second kappa shape index (κ2) is 3.53. The molecule has 1 N–H and O–H groups in total. The largest absolute Gasteiger partial charge is 0.460 e. The van der Waals surface area contributed by atoms with Crippen molar-refractivity contribution in [2.45, 2.75) is 13.5 Å². The van der Waals surface area contributed by atoms with Crippen LogP contribution in [-0.4, -0.2) is 18.9 Å². The Balaban J connectivity index is 2.21. The van der Waals surface area contributed by atoms with Gasteiger partial charge < -0.3 is 14.5 Å². The van der Waals surface area contributed by atoms with Crippen LogP contribution >= 0.6 is 0 Å². The van der Waals surface area contributed by atoms with Crippen LogP contribution in [0.1, 0.15) is 23.0 Å². The van der Waals surface area contributed by atoms with Crippen molar-refractivity contribution < 1.29 is 13.9 Å². The molecule has 74 valence electrons. The van der Waals surface area contributed by atoms with Gasteiger partial charge in [-0.25, -0.2) is 4.79 Å². The van der Waals surface area contributed by atoms with Gasteiger partial charge >= 0.3 is 5.97 Å². The highest BCUT2D eigenvalue weighted by Gasteiger charge is 2.18. The standard InChI is InChI=1S/C9H10N2O3/c1-2-13-9(12)7-3-6-4-10-5-11-8(6)14-7/h3,5H,2,4H2,1H3,(H,10,11). The van der Waals surface area contributed by atoms with E-state index in [1.807, 2.05) is 0 Å². The number of hydrogen-bond donors (Lipinski definition) is 1. The lowest BCUT2D eigenvalue weighted by Gasteiger charge is -2.02. The predicted molar refractivity (Wildman–Crippen MR) is 50.5 cm³/mol. The molecule has 0 unspecified atom stereocenters. The van der Waals surface area contributed by atoms with E-state index in [4.69, 9.17) is 9.15 Å². The molecule has 5 nitrogen and oxygen atoms in total. The average Bonchev–Trinajstić information content (AvgIpc) is 2.61. The van der Waals surface area contributed by atoms with E-state index in [1.54, 1.807) is 19.3 Å². The van der Waals surface area contributed by atoms with Crippen LogP contribution in [0.4, 0.5) is 5.88 Å². The van der Waals surface area contributed by atoms with Gasteiger partial charge in [-0.05, 0) is 13.0 Å². The number of rotatable bonds is 2. The molecule has 2 rings (SSSR count). The molecule has 1 aliphatic rings. The molecule has 1 aromatic heterocycles. The van der Waals surface area contributed by atoms with Gasteiger partial charge in [0.05, 0.1) is 19.5 Å². The van der Waals surface area contributed by atoms with E-state index in [1.165, 1.54) is 0 Å². The summed E-state index contributed by atoms with van der Waals surface area (Å²) < 4.78 is 10.0. The Labute approximate surface area is 80.8 Å². The van der Waals surface area contributed by atoms with E-state index in [0.717, 1.165) is 5.56 Å². The van der Waals surface area contributed by atoms with Gasteiger partial charge in [0.15, 0.2) is 0 Å². The number of furan rings is 1. The first-order valence-electron chi connectivity index (χ1n) is 4.36. The molecule has 0 radical (unpaired) electrons. The van der Waals surface area contributed by atoms with Crippen molar-refractivity contribution in [3.63, 3.8) is 0 Å². The second-order valence-electron chi connectivity index (χ2n) is 2.80. The van der Waals surface area contributed by atoms with Crippen LogP contribution in [0.15, 0.2) is 15.5 Å². The van der Waals surface area contributed by atoms with Gasteiger partial charge in [-0.2, -0.15) is 0 Å². The molecule has 0 aromatic carbocycles. The van der Waals surface area contributed by atoms with Gasteiger partial charge in [0.25, 0.3) is 0 Å². The first kappa shape index (κ1) is 8.80. The summed E-state index contributed by atoms with van der Waals surface area (Å²) in [6, 6.07) is 1.65. The zero-order chi connectivity index (χ0) is 9.97. The molecule has 14 heavy (non-hydrogen) atoms. The van der Waals surface area contributed by atoms with E-state index in [0.29, 0.717) is 19.0 Å². The number of fused-ring (bicyclic) bond motifs is 1. The third kappa shape index (κ3) is 1.48. The van der Waals surface area contributed by atoms with Gasteiger partial charge in [0.1, 0.15) is 0 Å². The number of carbonyl (C=O) groups is 1. The zero-order valence-corrected chi connectivity index (χ0v) is 7.74. The van der Waals surface area contributed by atoms with Crippen molar-refractivity contribution in [1.82, 2.24) is 0 Å². The number of nitrogens with zero attached hydrogens (tertiary/aromatic N) is 1. The minimum Gasteiger partial charge on any atom is -0.460 e. The summed E-state index contributed by atoms with van der Waals surface area (Å²) in [5, 5.41) is 2.81. The molecule has 0 fully saturated rings. The lowest BCUT2D eigenvalue weighted by Crippen LogP contribution is -2.02. The molecular formula is C9H10N2O3. The van der Waals surface area contributed by atoms with E-state index >= 15 is 0 Å². The SMILES string of the molecule is CCOC(=O)c1cc2c(o1)NC=NC2. The fourth-order valence-corrected chi connectivity index (χ4v) is 1.22. The van der Waals surface area contributed by atoms with Crippen molar-refractivity contribution >= 4 is 18.2 Å². The average molecular weight is 194 g/mol. The molecule has 0 spiro atoms. The van der Waals surface area contributed by atoms with Crippen molar-refractivity contribution in [1.29, 1.82) is 0 Å². The van der Waals surface area contributed by atoms with Crippen LogP contribution in [0.25, 0.3) is 0 Å². The first-order valence-corrected chi connectivity index (χ1v) is 4.36. The van der Waals surface area contributed by atoms with Crippen LogP contribution in [0, 0.1) is 0 Å². The molecule has 0 bridgehead atoms. The summed E-state index contributed by atoms with van der Waals surface area (Å²) in [7, 11) is 0. The Morgan fingerprint density at radius 1 is 1.79 bits per heavy atom. The monoisotopic (exact) mass is 194 g/mol. The molecule has 5 heteroatoms. The van der Waals surface area contributed by atoms with E-state index in [9.17, 15) is 4.79 Å². The number of nitrogens with one attached hydrogen (secondary N) is 1. The van der Waals surface area contributed by atoms with Crippen molar-refractivity contribution in [3.8, 4) is 0 Å². The Bertz CT molecular complexity index is 356. The van der Waals surface area contributed by atoms with E-state index < -0.39 is 5.97 Å². The summed E-state index contributed by atoms with van der Waals surface area (Å²) in [5.74, 6) is 0.349. The molecule has 1 aromatic rings. The predicted octanol–water partition coefficient (Wildman–Crippen LogP) is 1.41. The highest BCUT2D eigenvalue weighted by Crippen LogP contribution is 2.23. The van der Waals surface area contributed by atoms with Gasteiger partial charge in [-0.1, -0.05) is 0 Å². The normalized spacial score (nSPS) is 13.2. The Hall–Kier alpha value is -1.78. The molecule has 0 atom stereocenters. The van der Waals surface area contributed by atoms with Crippen LogP contribution in [-0.2, 0) is 11.3 Å². The van der Waals surface area contributed by atoms with Crippen LogP contribution in [0.5, 0.6) is 0 Å². The van der Waals surface area contributed by atoms with Crippen molar-refractivity contribution in [2.75, 3.05) is 11.9 Å². The first-order chi connectivity index (χ1) is 6.81. The summed E-state index contributed by atoms with van der Waals surface area (Å²) >= 11 is 0. The van der Waals surface area contributed by atoms with Gasteiger partial charge in [-0.15, -0.1) is 0 Å². The zero-order valence-electron chi connectivity index (χ0n) is 7.74. The molecule has 0 saturated carbocycles. The molecule has 0 amide bonds. The molecule has 1 aliphatic heterocycles. The number of anilines is 1. The number of hydrogen-bond acceptors (Lipinski definition) is 5. The smallest absolute Gasteiger partial charge is 0.374 e. The van der Waals surface area contributed by atoms with Gasteiger partial charge in [-0.3, -0.25) is 4.99 Å². The quantitative estimate of drug-likeness (QED) is 0.723. The van der Waals surface area contributed by atoms with E-state index in [-0.39, 0.29) is 5.76 Å². The Kier molecular flexibility index (Phi) is 2.22. The lowest BCUT2D eigenvalue weighted by atomic mass is 10.3. The minimum atomic E-state index is -0.441. The molecule has 2 heterocycles. The lowest BCUT2D eigenvalue weighted by molar-refractivity contribution is 0.0491. The summed E-state index contributed by atoms with van der Waals surface area (Å²) in [6.45, 7) is 2.63. The molecule has 0 aliphatic carbocycles. The third-order valence-electron chi connectivity index (χ3n) is 1.83. The topological polar surface area (TPSA) is 63.8 Å². The number of esters is 1. The molecule has 0 saturated heterocycles. The summed E-state index contributed by atoms with van der Waals surface area (Å²) in [4.78, 5) is 15.3. The number of carbonyl (C=O) groups excluding carboxylic acids is 1. The highest BCUT2D eigenvalue weighted by atomic mass is 16.5. The van der Waals surface area contributed by atoms with Crippen molar-refractivity contribution in [3.05, 3.63) is 17.4 Å². The maximum Gasteiger partial charge on any atom is 0.374 e. The highest BCUT2D eigenvalue weighted by molar-refractivity contribution is 5.88. The minimum absolute atomic E-state index is 0.217. The van der Waals surface area contributed by atoms with Crippen LogP contribution in [0.3, 0.4) is 0 Å². The fourth-order valence-electron chi connectivity index (χ4n) is 1.22. The Morgan fingerprint density at radius 3 is 3.36 bits per heavy atom. The summed E-state index contributed by atoms with van der Waals surface area (Å²) in [6.07, 6.45) is 1.54. The molecular weight excluding hydrogens is 184 g/mol. The van der Waals surface area contributed by atoms with Crippen LogP contribution in [0.2, 0.25) is 0 Å². The summed E-state index contributed by atoms with van der Waals surface area (Å²) in [5.41, 5.74) is 0.871. The number of aliphatic imine (C=N–C) groups is 1. The maximum atomic E-state index is 11.3. The van der Waals surface area contributed by atoms with Gasteiger partial charge in [0, 0.05) is 5.56 Å². The van der Waals surface area contributed by atoms with Crippen molar-refractivity contribution in [2.24, 2.45) is 4.99 Å². The maximum absolute atomic E-state index is 11.3. The van der Waals surface area contributed by atoms with E-state index in [2.05, 4.69) is 10.3 Å². The third-order valence-corrected chi connectivity index (χ3v) is 1.83. The second-order valence-corrected chi connectivity index (χ2v) is 2.80. The Morgan fingerprint density at radius 2 is 2.64 bits per heavy atom. The van der Waals surface area contributed by atoms with Crippen LogP contribution < -0.4 is 5.32 Å². The number of ether oxygens (including phenoxy) is 1. The van der Waals surface area contributed by atoms with Gasteiger partial charge in [0.2, 0.25) is 11.6 Å². The fraction of sp³-hybridized carbons (Fsp3) is 0.333.